The predicted octanol–water partition coefficient (Wildman–Crippen LogP) is 5.50. The Hall–Kier alpha value is -3.79. The molecule has 7 nitrogen and oxygen atoms in total. The number of carbonyl (C=O) groups is 1. The van der Waals surface area contributed by atoms with Crippen LogP contribution in [0.5, 0.6) is 23.0 Å². The van der Waals surface area contributed by atoms with E-state index in [1.165, 1.54) is 5.39 Å². The van der Waals surface area contributed by atoms with E-state index in [1.807, 2.05) is 48.5 Å². The van der Waals surface area contributed by atoms with Crippen LogP contribution in [0.1, 0.15) is 16.7 Å². The van der Waals surface area contributed by atoms with Crippen molar-refractivity contribution >= 4 is 45.5 Å². The lowest BCUT2D eigenvalue weighted by molar-refractivity contribution is -0.120. The lowest BCUT2D eigenvalue weighted by atomic mass is 10.1. The number of benzene rings is 4. The first-order valence-corrected chi connectivity index (χ1v) is 12.9. The summed E-state index contributed by atoms with van der Waals surface area (Å²) in [6, 6.07) is 23.7. The molecular formula is C29H25IN2O5. The summed E-state index contributed by atoms with van der Waals surface area (Å²) in [6.07, 6.45) is 1.76. The molecule has 0 saturated heterocycles. The molecule has 188 valence electrons. The molecule has 0 bridgehead atoms. The van der Waals surface area contributed by atoms with Crippen molar-refractivity contribution in [2.24, 2.45) is 5.10 Å². The summed E-state index contributed by atoms with van der Waals surface area (Å²) in [4.78, 5) is 12.4. The Morgan fingerprint density at radius 2 is 1.84 bits per heavy atom. The van der Waals surface area contributed by atoms with Gasteiger partial charge in [-0.1, -0.05) is 48.5 Å². The number of rotatable bonds is 8. The summed E-state index contributed by atoms with van der Waals surface area (Å²) in [5.74, 6) is 2.38. The van der Waals surface area contributed by atoms with Crippen molar-refractivity contribution in [1.29, 1.82) is 0 Å². The highest BCUT2D eigenvalue weighted by Gasteiger charge is 2.14. The minimum Gasteiger partial charge on any atom is -0.493 e. The first kappa shape index (κ1) is 24.9. The maximum Gasteiger partial charge on any atom is 0.244 e. The Kier molecular flexibility index (Phi) is 7.74. The SMILES string of the molecule is COc1cc(/C=N/NC(=O)Cc2ccc3c(c2)OCCO3)cc(I)c1OCc1cccc2ccccc12. The Bertz CT molecular complexity index is 1470. The molecule has 0 radical (unpaired) electrons. The van der Waals surface area contributed by atoms with Gasteiger partial charge in [-0.25, -0.2) is 5.43 Å². The average molecular weight is 608 g/mol. The standard InChI is InChI=1S/C29H25IN2O5/c1-34-27-15-20(17-31-32-28(33)16-19-9-10-25-26(14-19)36-12-11-35-25)13-24(30)29(27)37-18-22-7-4-6-21-5-2-3-8-23(21)22/h2-10,13-15,17H,11-12,16,18H2,1H3,(H,32,33)/b31-17+. The Balaban J connectivity index is 1.23. The van der Waals surface area contributed by atoms with Gasteiger partial charge in [-0.3, -0.25) is 4.79 Å². The van der Waals surface area contributed by atoms with Gasteiger partial charge in [0.15, 0.2) is 23.0 Å². The molecule has 0 unspecified atom stereocenters. The smallest absolute Gasteiger partial charge is 0.244 e. The number of hydrazone groups is 1. The summed E-state index contributed by atoms with van der Waals surface area (Å²) >= 11 is 2.22. The molecule has 0 saturated carbocycles. The molecule has 0 atom stereocenters. The van der Waals surface area contributed by atoms with Gasteiger partial charge in [-0.15, -0.1) is 0 Å². The molecule has 8 heteroatoms. The Morgan fingerprint density at radius 1 is 1.03 bits per heavy atom. The van der Waals surface area contributed by atoms with Crippen LogP contribution < -0.4 is 24.4 Å². The summed E-state index contributed by atoms with van der Waals surface area (Å²) < 4.78 is 23.8. The summed E-state index contributed by atoms with van der Waals surface area (Å²) in [6.45, 7) is 1.45. The predicted molar refractivity (Wildman–Crippen MR) is 151 cm³/mol. The van der Waals surface area contributed by atoms with Crippen LogP contribution in [0.3, 0.4) is 0 Å². The van der Waals surface area contributed by atoms with Crippen LogP contribution in [0.2, 0.25) is 0 Å². The Morgan fingerprint density at radius 3 is 2.70 bits per heavy atom. The van der Waals surface area contributed by atoms with Crippen molar-refractivity contribution in [1.82, 2.24) is 5.43 Å². The van der Waals surface area contributed by atoms with E-state index in [0.717, 1.165) is 25.6 Å². The minimum atomic E-state index is -0.232. The van der Waals surface area contributed by atoms with Gasteiger partial charge in [-0.2, -0.15) is 5.10 Å². The fourth-order valence-electron chi connectivity index (χ4n) is 4.12. The Labute approximate surface area is 228 Å². The quantitative estimate of drug-likeness (QED) is 0.163. The zero-order valence-corrected chi connectivity index (χ0v) is 22.4. The van der Waals surface area contributed by atoms with Crippen LogP contribution in [0.4, 0.5) is 0 Å². The van der Waals surface area contributed by atoms with Gasteiger partial charge >= 0.3 is 0 Å². The zero-order chi connectivity index (χ0) is 25.6. The molecule has 0 aromatic heterocycles. The minimum absolute atomic E-state index is 0.176. The number of halogens is 1. The van der Waals surface area contributed by atoms with Crippen molar-refractivity contribution in [3.63, 3.8) is 0 Å². The van der Waals surface area contributed by atoms with Crippen LogP contribution in [0.15, 0.2) is 77.9 Å². The van der Waals surface area contributed by atoms with Crippen molar-refractivity contribution in [3.05, 3.63) is 93.1 Å². The van der Waals surface area contributed by atoms with Gasteiger partial charge in [0.2, 0.25) is 5.91 Å². The number of methoxy groups -OCH3 is 1. The highest BCUT2D eigenvalue weighted by Crippen LogP contribution is 2.35. The first-order chi connectivity index (χ1) is 18.1. The van der Waals surface area contributed by atoms with E-state index in [0.29, 0.717) is 42.8 Å². The zero-order valence-electron chi connectivity index (χ0n) is 20.2. The molecule has 1 amide bonds. The van der Waals surface area contributed by atoms with Gasteiger partial charge in [-0.05, 0) is 74.3 Å². The average Bonchev–Trinajstić information content (AvgIpc) is 2.92. The van der Waals surface area contributed by atoms with E-state index in [2.05, 4.69) is 57.4 Å². The number of hydrogen-bond donors (Lipinski definition) is 1. The van der Waals surface area contributed by atoms with E-state index in [1.54, 1.807) is 13.3 Å². The van der Waals surface area contributed by atoms with E-state index < -0.39 is 0 Å². The van der Waals surface area contributed by atoms with E-state index >= 15 is 0 Å². The van der Waals surface area contributed by atoms with Crippen LogP contribution in [-0.2, 0) is 17.8 Å². The van der Waals surface area contributed by atoms with Crippen molar-refractivity contribution < 1.29 is 23.7 Å². The highest BCUT2D eigenvalue weighted by atomic mass is 127. The monoisotopic (exact) mass is 608 g/mol. The molecule has 0 fully saturated rings. The third-order valence-corrected chi connectivity index (χ3v) is 6.68. The normalized spacial score (nSPS) is 12.5. The van der Waals surface area contributed by atoms with Crippen LogP contribution in [0.25, 0.3) is 10.8 Å². The molecule has 4 aromatic carbocycles. The number of amides is 1. The number of ether oxygens (including phenoxy) is 4. The molecule has 1 aliphatic rings. The molecule has 5 rings (SSSR count). The summed E-state index contributed by atoms with van der Waals surface area (Å²) in [7, 11) is 1.60. The van der Waals surface area contributed by atoms with Gasteiger partial charge in [0.1, 0.15) is 19.8 Å². The van der Waals surface area contributed by atoms with Crippen LogP contribution in [-0.4, -0.2) is 32.4 Å². The molecule has 0 aliphatic carbocycles. The molecule has 4 aromatic rings. The van der Waals surface area contributed by atoms with E-state index in [-0.39, 0.29) is 12.3 Å². The van der Waals surface area contributed by atoms with E-state index in [9.17, 15) is 4.79 Å². The van der Waals surface area contributed by atoms with Crippen molar-refractivity contribution in [2.45, 2.75) is 13.0 Å². The second-order valence-corrected chi connectivity index (χ2v) is 9.57. The molecule has 1 heterocycles. The third-order valence-electron chi connectivity index (χ3n) is 5.88. The second kappa shape index (κ2) is 11.5. The van der Waals surface area contributed by atoms with E-state index in [4.69, 9.17) is 18.9 Å². The lowest BCUT2D eigenvalue weighted by Gasteiger charge is -2.18. The third kappa shape index (κ3) is 5.96. The largest absolute Gasteiger partial charge is 0.493 e. The number of carbonyl (C=O) groups excluding carboxylic acids is 1. The van der Waals surface area contributed by atoms with Crippen molar-refractivity contribution in [2.75, 3.05) is 20.3 Å². The topological polar surface area (TPSA) is 78.4 Å². The van der Waals surface area contributed by atoms with Gasteiger partial charge in [0.25, 0.3) is 0 Å². The number of nitrogens with one attached hydrogen (secondary N) is 1. The summed E-state index contributed by atoms with van der Waals surface area (Å²) in [5, 5.41) is 6.45. The number of nitrogens with zero attached hydrogens (tertiary/aromatic N) is 1. The van der Waals surface area contributed by atoms with Gasteiger partial charge in [0.05, 0.1) is 23.3 Å². The van der Waals surface area contributed by atoms with Crippen LogP contribution >= 0.6 is 22.6 Å². The number of fused-ring (bicyclic) bond motifs is 2. The number of hydrogen-bond acceptors (Lipinski definition) is 6. The lowest BCUT2D eigenvalue weighted by Crippen LogP contribution is -2.20. The maximum absolute atomic E-state index is 12.4. The van der Waals surface area contributed by atoms with Gasteiger partial charge in [0, 0.05) is 0 Å². The molecular weight excluding hydrogens is 583 g/mol. The van der Waals surface area contributed by atoms with Crippen molar-refractivity contribution in [3.8, 4) is 23.0 Å². The fourth-order valence-corrected chi connectivity index (χ4v) is 4.91. The first-order valence-electron chi connectivity index (χ1n) is 11.8. The molecule has 1 N–H and O–H groups in total. The molecule has 1 aliphatic heterocycles. The maximum atomic E-state index is 12.4. The summed E-state index contributed by atoms with van der Waals surface area (Å²) in [5.41, 5.74) is 5.27. The molecule has 37 heavy (non-hydrogen) atoms. The van der Waals surface area contributed by atoms with Gasteiger partial charge < -0.3 is 18.9 Å². The highest BCUT2D eigenvalue weighted by molar-refractivity contribution is 14.1. The molecule has 0 spiro atoms. The second-order valence-electron chi connectivity index (χ2n) is 8.41. The van der Waals surface area contributed by atoms with Crippen LogP contribution in [0, 0.1) is 3.57 Å². The fraction of sp³-hybridized carbons (Fsp3) is 0.172.